The van der Waals surface area contributed by atoms with Gasteiger partial charge in [0.05, 0.1) is 7.11 Å². The summed E-state index contributed by atoms with van der Waals surface area (Å²) >= 11 is 6.07. The van der Waals surface area contributed by atoms with Crippen molar-refractivity contribution in [3.05, 3.63) is 58.0 Å². The summed E-state index contributed by atoms with van der Waals surface area (Å²) in [6.45, 7) is 1.43. The van der Waals surface area contributed by atoms with E-state index in [0.29, 0.717) is 16.9 Å². The Bertz CT molecular complexity index is 643. The fourth-order valence-electron chi connectivity index (χ4n) is 1.99. The maximum Gasteiger partial charge on any atom is 0.331 e. The minimum atomic E-state index is -1.08. The Morgan fingerprint density at radius 2 is 1.90 bits per heavy atom. The molecule has 1 aliphatic rings. The topological polar surface area (TPSA) is 63.6 Å². The van der Waals surface area contributed by atoms with Gasteiger partial charge in [0.2, 0.25) is 0 Å². The first-order valence-electron chi connectivity index (χ1n) is 5.84. The number of halogens is 1. The van der Waals surface area contributed by atoms with Crippen LogP contribution in [0.2, 0.25) is 0 Å². The van der Waals surface area contributed by atoms with E-state index in [1.165, 1.54) is 20.1 Å². The largest absolute Gasteiger partial charge is 0.496 e. The van der Waals surface area contributed by atoms with E-state index in [9.17, 15) is 9.59 Å². The molecule has 1 N–H and O–H groups in total. The van der Waals surface area contributed by atoms with Gasteiger partial charge in [-0.05, 0) is 13.0 Å². The van der Waals surface area contributed by atoms with Crippen LogP contribution >= 0.6 is 11.6 Å². The summed E-state index contributed by atoms with van der Waals surface area (Å²) in [4.78, 5) is 23.1. The molecule has 2 rings (SSSR count). The summed E-state index contributed by atoms with van der Waals surface area (Å²) in [5.41, 5.74) is 1.41. The Labute approximate surface area is 121 Å². The molecule has 0 amide bonds. The van der Waals surface area contributed by atoms with E-state index in [1.807, 2.05) is 0 Å². The number of carboxylic acids is 1. The summed E-state index contributed by atoms with van der Waals surface area (Å²) in [6.07, 6.45) is 1.34. The molecule has 5 heteroatoms. The van der Waals surface area contributed by atoms with Gasteiger partial charge in [-0.2, -0.15) is 0 Å². The van der Waals surface area contributed by atoms with Crippen molar-refractivity contribution in [2.75, 3.05) is 7.11 Å². The lowest BCUT2D eigenvalue weighted by Gasteiger charge is -2.23. The number of ether oxygens (including phenoxy) is 1. The van der Waals surface area contributed by atoms with Crippen LogP contribution in [0.1, 0.15) is 22.8 Å². The number of carboxylic acid groups (broad SMARTS) is 1. The van der Waals surface area contributed by atoms with E-state index in [-0.39, 0.29) is 22.3 Å². The average molecular weight is 292 g/mol. The number of hydrogen-bond acceptors (Lipinski definition) is 3. The van der Waals surface area contributed by atoms with Gasteiger partial charge in [-0.25, -0.2) is 4.79 Å². The number of rotatable bonds is 3. The Hall–Kier alpha value is -2.07. The molecule has 0 unspecified atom stereocenters. The number of benzene rings is 1. The molecule has 0 saturated carbocycles. The molecule has 20 heavy (non-hydrogen) atoms. The summed E-state index contributed by atoms with van der Waals surface area (Å²) in [5.74, 6) is -1.03. The molecule has 103 valence electrons. The molecule has 1 aromatic carbocycles. The van der Waals surface area contributed by atoms with Gasteiger partial charge in [0.25, 0.3) is 0 Å². The van der Waals surface area contributed by atoms with Gasteiger partial charge in [-0.15, -0.1) is 11.6 Å². The molecule has 4 nitrogen and oxygen atoms in total. The Balaban J connectivity index is 2.69. The summed E-state index contributed by atoms with van der Waals surface area (Å²) in [6, 6.07) is 6.90. The SMILES string of the molecule is COC1=C(/C=C(/C)C(=O)O)[C](Cl)C(=O)c2ccccc21. The van der Waals surface area contributed by atoms with Crippen LogP contribution < -0.4 is 0 Å². The Morgan fingerprint density at radius 3 is 2.45 bits per heavy atom. The van der Waals surface area contributed by atoms with Crippen molar-refractivity contribution in [2.45, 2.75) is 6.92 Å². The van der Waals surface area contributed by atoms with Gasteiger partial charge >= 0.3 is 5.97 Å². The number of allylic oxidation sites excluding steroid dienone is 2. The van der Waals surface area contributed by atoms with E-state index in [2.05, 4.69) is 0 Å². The number of carbonyl (C=O) groups is 2. The third-order valence-corrected chi connectivity index (χ3v) is 3.37. The smallest absolute Gasteiger partial charge is 0.331 e. The van der Waals surface area contributed by atoms with Gasteiger partial charge in [0, 0.05) is 22.3 Å². The van der Waals surface area contributed by atoms with E-state index in [1.54, 1.807) is 24.3 Å². The van der Waals surface area contributed by atoms with Crippen molar-refractivity contribution < 1.29 is 19.4 Å². The van der Waals surface area contributed by atoms with Crippen molar-refractivity contribution in [1.29, 1.82) is 0 Å². The van der Waals surface area contributed by atoms with Crippen LogP contribution in [0.15, 0.2) is 41.5 Å². The van der Waals surface area contributed by atoms with E-state index in [4.69, 9.17) is 21.4 Å². The number of Topliss-reactive ketones (excluding diaryl/α,β-unsaturated/α-hetero) is 1. The van der Waals surface area contributed by atoms with Crippen LogP contribution in [-0.4, -0.2) is 24.0 Å². The molecule has 1 aliphatic carbocycles. The highest BCUT2D eigenvalue weighted by Gasteiger charge is 2.33. The highest BCUT2D eigenvalue weighted by atomic mass is 35.5. The number of carbonyl (C=O) groups excluding carboxylic acids is 1. The minimum absolute atomic E-state index is 0.0406. The fourth-order valence-corrected chi connectivity index (χ4v) is 2.23. The predicted molar refractivity (Wildman–Crippen MR) is 75.2 cm³/mol. The van der Waals surface area contributed by atoms with Crippen LogP contribution in [0.5, 0.6) is 0 Å². The lowest BCUT2D eigenvalue weighted by molar-refractivity contribution is -0.132. The summed E-state index contributed by atoms with van der Waals surface area (Å²) in [7, 11) is 1.45. The molecular formula is C15H12ClO4. The summed E-state index contributed by atoms with van der Waals surface area (Å²) < 4.78 is 5.31. The number of aliphatic carboxylic acids is 1. The lowest BCUT2D eigenvalue weighted by Crippen LogP contribution is -2.19. The number of hydrogen-bond donors (Lipinski definition) is 1. The highest BCUT2D eigenvalue weighted by molar-refractivity contribution is 6.46. The van der Waals surface area contributed by atoms with Gasteiger partial charge in [0.15, 0.2) is 11.2 Å². The van der Waals surface area contributed by atoms with Gasteiger partial charge in [-0.1, -0.05) is 24.3 Å². The first kappa shape index (κ1) is 14.3. The molecule has 1 radical (unpaired) electrons. The minimum Gasteiger partial charge on any atom is -0.496 e. The van der Waals surface area contributed by atoms with Gasteiger partial charge < -0.3 is 9.84 Å². The standard InChI is InChI=1S/C15H12ClO4/c1-8(15(18)19)7-11-12(16)13(17)9-5-3-4-6-10(9)14(11)20-2/h3-7H,1-2H3,(H,18,19)/b8-7-. The second-order valence-corrected chi connectivity index (χ2v) is 4.65. The molecule has 0 heterocycles. The second-order valence-electron chi connectivity index (χ2n) is 4.27. The summed E-state index contributed by atoms with van der Waals surface area (Å²) in [5, 5.41) is 8.91. The lowest BCUT2D eigenvalue weighted by atomic mass is 9.88. The maximum absolute atomic E-state index is 12.2. The van der Waals surface area contributed by atoms with Crippen LogP contribution in [0.4, 0.5) is 0 Å². The second kappa shape index (κ2) is 5.51. The number of methoxy groups -OCH3 is 1. The first-order chi connectivity index (χ1) is 9.47. The quantitative estimate of drug-likeness (QED) is 0.870. The third kappa shape index (κ3) is 2.34. The molecule has 0 bridgehead atoms. The molecule has 0 aliphatic heterocycles. The van der Waals surface area contributed by atoms with Crippen molar-refractivity contribution in [1.82, 2.24) is 0 Å². The van der Waals surface area contributed by atoms with Crippen LogP contribution in [0.3, 0.4) is 0 Å². The zero-order chi connectivity index (χ0) is 14.9. The molecule has 0 atom stereocenters. The molecule has 1 aromatic rings. The van der Waals surface area contributed by atoms with E-state index in [0.717, 1.165) is 0 Å². The zero-order valence-corrected chi connectivity index (χ0v) is 11.7. The molecule has 0 saturated heterocycles. The van der Waals surface area contributed by atoms with E-state index >= 15 is 0 Å². The third-order valence-electron chi connectivity index (χ3n) is 3.00. The maximum atomic E-state index is 12.2. The molecule has 0 aromatic heterocycles. The van der Waals surface area contributed by atoms with Crippen molar-refractivity contribution in [3.63, 3.8) is 0 Å². The van der Waals surface area contributed by atoms with Crippen LogP contribution in [0, 0.1) is 5.38 Å². The first-order valence-corrected chi connectivity index (χ1v) is 6.22. The van der Waals surface area contributed by atoms with Crippen LogP contribution in [-0.2, 0) is 9.53 Å². The fraction of sp³-hybridized carbons (Fsp3) is 0.133. The normalized spacial score (nSPS) is 16.1. The monoisotopic (exact) mass is 291 g/mol. The molecule has 0 fully saturated rings. The van der Waals surface area contributed by atoms with Crippen molar-refractivity contribution >= 4 is 29.1 Å². The van der Waals surface area contributed by atoms with Gasteiger partial charge in [-0.3, -0.25) is 4.79 Å². The highest BCUT2D eigenvalue weighted by Crippen LogP contribution is 2.39. The van der Waals surface area contributed by atoms with E-state index < -0.39 is 5.97 Å². The number of ketones is 1. The zero-order valence-electron chi connectivity index (χ0n) is 10.9. The van der Waals surface area contributed by atoms with Crippen molar-refractivity contribution in [2.24, 2.45) is 0 Å². The van der Waals surface area contributed by atoms with Crippen LogP contribution in [0.25, 0.3) is 5.76 Å². The molecule has 0 spiro atoms. The average Bonchev–Trinajstić information content (AvgIpc) is 2.44. The van der Waals surface area contributed by atoms with Gasteiger partial charge in [0.1, 0.15) is 5.76 Å². The van der Waals surface area contributed by atoms with Crippen molar-refractivity contribution in [3.8, 4) is 0 Å². The predicted octanol–water partition coefficient (Wildman–Crippen LogP) is 3.04. The Morgan fingerprint density at radius 1 is 1.30 bits per heavy atom. The Kier molecular flexibility index (Phi) is 3.95. The molecular weight excluding hydrogens is 280 g/mol. The number of fused-ring (bicyclic) bond motifs is 1.